The fourth-order valence-corrected chi connectivity index (χ4v) is 6.38. The lowest BCUT2D eigenvalue weighted by atomic mass is 9.75. The Balaban J connectivity index is 1.32. The third kappa shape index (κ3) is 9.03. The second kappa shape index (κ2) is 18.0. The molecule has 2 unspecified atom stereocenters. The van der Waals surface area contributed by atoms with Crippen LogP contribution in [0, 0.1) is 0 Å². The van der Waals surface area contributed by atoms with E-state index in [1.807, 2.05) is 24.3 Å². The largest absolute Gasteiger partial charge is 0.494 e. The van der Waals surface area contributed by atoms with Gasteiger partial charge in [0.25, 0.3) is 0 Å². The number of nitrogens with two attached hydrogens (primary N) is 2. The van der Waals surface area contributed by atoms with E-state index in [1.54, 1.807) is 48.5 Å². The minimum atomic E-state index is -1.82. The molecular formula is C42H52N2O6. The number of hydrogen-bond donors (Lipinski definition) is 2. The molecule has 0 aliphatic heterocycles. The lowest BCUT2D eigenvalue weighted by Crippen LogP contribution is -2.65. The highest BCUT2D eigenvalue weighted by Gasteiger charge is 2.51. The monoisotopic (exact) mass is 680 g/mol. The number of allylic oxidation sites excluding steroid dienone is 2. The van der Waals surface area contributed by atoms with Crippen LogP contribution in [-0.2, 0) is 0 Å². The lowest BCUT2D eigenvalue weighted by Gasteiger charge is -2.41. The van der Waals surface area contributed by atoms with E-state index in [9.17, 15) is 9.59 Å². The quantitative estimate of drug-likeness (QED) is 0.0896. The van der Waals surface area contributed by atoms with Crippen molar-refractivity contribution in [2.45, 2.75) is 103 Å². The van der Waals surface area contributed by atoms with Gasteiger partial charge in [0, 0.05) is 22.3 Å². The van der Waals surface area contributed by atoms with Gasteiger partial charge in [-0.2, -0.15) is 0 Å². The highest BCUT2D eigenvalue weighted by atomic mass is 16.6. The van der Waals surface area contributed by atoms with Crippen molar-refractivity contribution >= 4 is 11.6 Å². The van der Waals surface area contributed by atoms with Crippen molar-refractivity contribution in [3.05, 3.63) is 107 Å². The molecule has 4 N–H and O–H groups in total. The summed E-state index contributed by atoms with van der Waals surface area (Å²) in [6.07, 6.45) is 15.7. The average Bonchev–Trinajstić information content (AvgIpc) is 3.13. The summed E-state index contributed by atoms with van der Waals surface area (Å²) >= 11 is 0. The van der Waals surface area contributed by atoms with Gasteiger partial charge >= 0.3 is 0 Å². The predicted octanol–water partition coefficient (Wildman–Crippen LogP) is 8.88. The van der Waals surface area contributed by atoms with Gasteiger partial charge in [-0.05, 0) is 67.4 Å². The first-order valence-electron chi connectivity index (χ1n) is 18.4. The number of hydrogen-bond acceptors (Lipinski definition) is 8. The molecule has 3 aromatic carbocycles. The molecule has 0 radical (unpaired) electrons. The molecule has 0 heterocycles. The number of benzene rings is 3. The van der Waals surface area contributed by atoms with Crippen molar-refractivity contribution in [2.24, 2.45) is 11.5 Å². The molecule has 8 nitrogen and oxygen atoms in total. The molecule has 2 atom stereocenters. The van der Waals surface area contributed by atoms with Crippen LogP contribution in [0.2, 0.25) is 0 Å². The molecule has 0 saturated carbocycles. The Labute approximate surface area is 296 Å². The first-order valence-corrected chi connectivity index (χ1v) is 18.4. The molecule has 0 fully saturated rings. The van der Waals surface area contributed by atoms with Crippen molar-refractivity contribution in [3.63, 3.8) is 0 Å². The van der Waals surface area contributed by atoms with Crippen LogP contribution < -0.4 is 30.4 Å². The number of ketones is 2. The molecule has 50 heavy (non-hydrogen) atoms. The highest BCUT2D eigenvalue weighted by molar-refractivity contribution is 6.28. The summed E-state index contributed by atoms with van der Waals surface area (Å²) in [6, 6.07) is 19.8. The standard InChI is InChI=1S/C42H52N2O6/c1-3-5-7-9-11-15-27-47-30-19-23-32(24-20-30)49-37-29-36-38(40(46)35-18-14-13-17-34(35)39(36)45)41(43)42(37,44)50-33-25-21-31(22-26-33)48-28-16-12-10-8-6-4-2/h13-14,17-26,29,41H,3-12,15-16,27-28,43-44H2,1-2H3. The molecule has 2 aliphatic rings. The van der Waals surface area contributed by atoms with Crippen LogP contribution in [0.3, 0.4) is 0 Å². The van der Waals surface area contributed by atoms with Crippen LogP contribution in [-0.4, -0.2) is 36.5 Å². The van der Waals surface area contributed by atoms with Gasteiger partial charge < -0.3 is 24.7 Å². The van der Waals surface area contributed by atoms with Gasteiger partial charge in [0.2, 0.25) is 5.72 Å². The Morgan fingerprint density at radius 3 is 1.60 bits per heavy atom. The molecule has 0 bridgehead atoms. The average molecular weight is 681 g/mol. The number of rotatable bonds is 20. The van der Waals surface area contributed by atoms with Crippen LogP contribution in [0.25, 0.3) is 0 Å². The first kappa shape index (κ1) is 36.9. The Morgan fingerprint density at radius 2 is 1.06 bits per heavy atom. The van der Waals surface area contributed by atoms with Crippen LogP contribution in [0.4, 0.5) is 0 Å². The van der Waals surface area contributed by atoms with Gasteiger partial charge in [0.05, 0.1) is 19.3 Å². The third-order valence-corrected chi connectivity index (χ3v) is 9.32. The molecule has 0 saturated heterocycles. The number of carbonyl (C=O) groups excluding carboxylic acids is 2. The van der Waals surface area contributed by atoms with Crippen LogP contribution >= 0.6 is 0 Å². The van der Waals surface area contributed by atoms with Crippen LogP contribution in [0.1, 0.15) is 112 Å². The first-order chi connectivity index (χ1) is 24.4. The zero-order chi connectivity index (χ0) is 35.3. The molecule has 5 rings (SSSR count). The topological polar surface area (TPSA) is 123 Å². The number of unbranched alkanes of at least 4 members (excludes halogenated alkanes) is 10. The minimum absolute atomic E-state index is 0.0980. The van der Waals surface area contributed by atoms with E-state index in [4.69, 9.17) is 30.4 Å². The van der Waals surface area contributed by atoms with Gasteiger partial charge in [-0.3, -0.25) is 15.3 Å². The van der Waals surface area contributed by atoms with Crippen LogP contribution in [0.15, 0.2) is 95.8 Å². The van der Waals surface area contributed by atoms with E-state index >= 15 is 0 Å². The predicted molar refractivity (Wildman–Crippen MR) is 197 cm³/mol. The van der Waals surface area contributed by atoms with Crippen molar-refractivity contribution in [2.75, 3.05) is 13.2 Å². The lowest BCUT2D eigenvalue weighted by molar-refractivity contribution is 0.0522. The number of Topliss-reactive ketones (excluding diaryl/α,β-unsaturated/α-hetero) is 2. The summed E-state index contributed by atoms with van der Waals surface area (Å²) in [4.78, 5) is 27.5. The fourth-order valence-electron chi connectivity index (χ4n) is 6.38. The molecule has 8 heteroatoms. The fraction of sp³-hybridized carbons (Fsp3) is 0.429. The van der Waals surface area contributed by atoms with Gasteiger partial charge in [-0.1, -0.05) is 102 Å². The summed E-state index contributed by atoms with van der Waals surface area (Å²) < 4.78 is 24.6. The van der Waals surface area contributed by atoms with Crippen molar-refractivity contribution in [3.8, 4) is 23.0 Å². The van der Waals surface area contributed by atoms with Gasteiger partial charge in [0.15, 0.2) is 17.3 Å². The molecular weight excluding hydrogens is 628 g/mol. The molecule has 3 aromatic rings. The SMILES string of the molecule is CCCCCCCCOc1ccc(OC2=CC3=C(C(=O)c4ccccc4C3=O)C(N)C2(N)Oc2ccc(OCCCCCCCC)cc2)cc1. The summed E-state index contributed by atoms with van der Waals surface area (Å²) in [5.41, 5.74) is 12.8. The van der Waals surface area contributed by atoms with Gasteiger partial charge in [-0.25, -0.2) is 0 Å². The Bertz CT molecular complexity index is 1650. The van der Waals surface area contributed by atoms with E-state index in [-0.39, 0.29) is 34.0 Å². The Morgan fingerprint density at radius 1 is 0.600 bits per heavy atom. The summed E-state index contributed by atoms with van der Waals surface area (Å²) in [5, 5.41) is 0. The molecule has 0 aromatic heterocycles. The zero-order valence-corrected chi connectivity index (χ0v) is 29.6. The number of ether oxygens (including phenoxy) is 4. The number of fused-ring (bicyclic) bond motifs is 1. The van der Waals surface area contributed by atoms with Crippen molar-refractivity contribution < 1.29 is 28.5 Å². The van der Waals surface area contributed by atoms with Crippen molar-refractivity contribution in [1.82, 2.24) is 0 Å². The van der Waals surface area contributed by atoms with E-state index < -0.39 is 11.8 Å². The second-order valence-electron chi connectivity index (χ2n) is 13.2. The maximum atomic E-state index is 13.8. The van der Waals surface area contributed by atoms with Crippen molar-refractivity contribution in [1.29, 1.82) is 0 Å². The second-order valence-corrected chi connectivity index (χ2v) is 13.2. The van der Waals surface area contributed by atoms with E-state index in [1.165, 1.54) is 57.4 Å². The summed E-state index contributed by atoms with van der Waals surface area (Å²) in [5.74, 6) is 1.72. The van der Waals surface area contributed by atoms with Gasteiger partial charge in [0.1, 0.15) is 23.0 Å². The van der Waals surface area contributed by atoms with E-state index in [2.05, 4.69) is 13.8 Å². The smallest absolute Gasteiger partial charge is 0.236 e. The van der Waals surface area contributed by atoms with E-state index in [0.29, 0.717) is 36.0 Å². The van der Waals surface area contributed by atoms with E-state index in [0.717, 1.165) is 31.4 Å². The molecule has 0 amide bonds. The van der Waals surface area contributed by atoms with Crippen LogP contribution in [0.5, 0.6) is 23.0 Å². The maximum absolute atomic E-state index is 13.8. The Kier molecular flexibility index (Phi) is 13.3. The summed E-state index contributed by atoms with van der Waals surface area (Å²) in [6.45, 7) is 5.71. The number of carbonyl (C=O) groups is 2. The maximum Gasteiger partial charge on any atom is 0.236 e. The minimum Gasteiger partial charge on any atom is -0.494 e. The van der Waals surface area contributed by atoms with Gasteiger partial charge in [-0.15, -0.1) is 0 Å². The normalized spacial score (nSPS) is 18.3. The molecule has 266 valence electrons. The third-order valence-electron chi connectivity index (χ3n) is 9.32. The summed E-state index contributed by atoms with van der Waals surface area (Å²) in [7, 11) is 0. The zero-order valence-electron chi connectivity index (χ0n) is 29.6. The molecule has 0 spiro atoms. The Hall–Kier alpha value is -4.40. The highest BCUT2D eigenvalue weighted by Crippen LogP contribution is 2.40. The molecule has 2 aliphatic carbocycles.